The van der Waals surface area contributed by atoms with Crippen LogP contribution in [0.25, 0.3) is 0 Å². The van der Waals surface area contributed by atoms with Crippen molar-refractivity contribution in [2.75, 3.05) is 45.8 Å². The van der Waals surface area contributed by atoms with Gasteiger partial charge < -0.3 is 9.42 Å². The lowest BCUT2D eigenvalue weighted by Gasteiger charge is -2.33. The fourth-order valence-electron chi connectivity index (χ4n) is 3.23. The van der Waals surface area contributed by atoms with E-state index in [1.54, 1.807) is 0 Å². The third-order valence-electron chi connectivity index (χ3n) is 5.02. The Morgan fingerprint density at radius 2 is 1.78 bits per heavy atom. The van der Waals surface area contributed by atoms with Crippen molar-refractivity contribution in [3.8, 4) is 0 Å². The number of carbonyl (C=O) groups is 1. The highest BCUT2D eigenvalue weighted by Crippen LogP contribution is 2.38. The number of nitrogens with zero attached hydrogens (tertiary/aromatic N) is 5. The first kappa shape index (κ1) is 15.1. The second-order valence-corrected chi connectivity index (χ2v) is 6.96. The van der Waals surface area contributed by atoms with Gasteiger partial charge in [-0.15, -0.1) is 0 Å². The van der Waals surface area contributed by atoms with Crippen LogP contribution in [-0.4, -0.2) is 76.6 Å². The van der Waals surface area contributed by atoms with Crippen LogP contribution in [0.3, 0.4) is 0 Å². The maximum Gasteiger partial charge on any atom is 0.236 e. The molecule has 3 aliphatic rings. The van der Waals surface area contributed by atoms with Gasteiger partial charge in [0.1, 0.15) is 0 Å². The fraction of sp³-hybridized carbons (Fsp3) is 0.812. The molecule has 0 bridgehead atoms. The Morgan fingerprint density at radius 3 is 2.52 bits per heavy atom. The molecule has 126 valence electrons. The highest BCUT2D eigenvalue weighted by Gasteiger charge is 2.30. The molecule has 7 heteroatoms. The molecule has 1 saturated carbocycles. The van der Waals surface area contributed by atoms with Crippen LogP contribution in [0.5, 0.6) is 0 Å². The van der Waals surface area contributed by atoms with E-state index >= 15 is 0 Å². The summed E-state index contributed by atoms with van der Waals surface area (Å²) >= 11 is 0. The summed E-state index contributed by atoms with van der Waals surface area (Å²) in [6.07, 6.45) is 4.62. The summed E-state index contributed by atoms with van der Waals surface area (Å²) in [4.78, 5) is 23.2. The van der Waals surface area contributed by atoms with Crippen LogP contribution in [0.4, 0.5) is 0 Å². The van der Waals surface area contributed by atoms with Crippen LogP contribution in [0.15, 0.2) is 4.52 Å². The van der Waals surface area contributed by atoms with Crippen LogP contribution in [0.1, 0.15) is 43.3 Å². The van der Waals surface area contributed by atoms with Gasteiger partial charge in [-0.3, -0.25) is 14.6 Å². The van der Waals surface area contributed by atoms with Gasteiger partial charge >= 0.3 is 0 Å². The second-order valence-electron chi connectivity index (χ2n) is 6.96. The number of amides is 1. The minimum Gasteiger partial charge on any atom is -0.341 e. The normalized spacial score (nSPS) is 23.6. The average molecular weight is 319 g/mol. The Labute approximate surface area is 136 Å². The molecule has 0 spiro atoms. The number of aromatic nitrogens is 2. The third kappa shape index (κ3) is 3.72. The highest BCUT2D eigenvalue weighted by molar-refractivity contribution is 5.78. The minimum atomic E-state index is 0.289. The van der Waals surface area contributed by atoms with Gasteiger partial charge in [0.05, 0.1) is 13.1 Å². The van der Waals surface area contributed by atoms with E-state index in [1.807, 2.05) is 4.90 Å². The lowest BCUT2D eigenvalue weighted by molar-refractivity contribution is -0.135. The predicted octanol–water partition coefficient (Wildman–Crippen LogP) is 0.687. The Balaban J connectivity index is 1.25. The van der Waals surface area contributed by atoms with Crippen molar-refractivity contribution in [1.82, 2.24) is 24.8 Å². The van der Waals surface area contributed by atoms with Gasteiger partial charge in [-0.2, -0.15) is 4.98 Å². The Bertz CT molecular complexity index is 552. The third-order valence-corrected chi connectivity index (χ3v) is 5.02. The van der Waals surface area contributed by atoms with Gasteiger partial charge in [-0.05, 0) is 38.8 Å². The molecule has 7 nitrogen and oxygen atoms in total. The standard InChI is InChI=1S/C16H25N5O2/c22-15(21-7-2-8-21)12-20-6-1-5-19(9-10-20)11-14-17-16(23-18-14)13-3-4-13/h13H,1-12H2. The smallest absolute Gasteiger partial charge is 0.236 e. The van der Waals surface area contributed by atoms with E-state index in [0.717, 1.165) is 70.4 Å². The Kier molecular flexibility index (Phi) is 4.31. The molecule has 2 aliphatic heterocycles. The van der Waals surface area contributed by atoms with Gasteiger partial charge in [0, 0.05) is 32.1 Å². The van der Waals surface area contributed by atoms with E-state index in [9.17, 15) is 4.79 Å². The van der Waals surface area contributed by atoms with Gasteiger partial charge in [0.25, 0.3) is 0 Å². The number of carbonyl (C=O) groups excluding carboxylic acids is 1. The molecule has 4 rings (SSSR count). The van der Waals surface area contributed by atoms with Crippen LogP contribution < -0.4 is 0 Å². The summed E-state index contributed by atoms with van der Waals surface area (Å²) in [6, 6.07) is 0. The molecule has 1 amide bonds. The summed E-state index contributed by atoms with van der Waals surface area (Å²) in [5.74, 6) is 2.42. The van der Waals surface area contributed by atoms with Gasteiger partial charge in [-0.1, -0.05) is 5.16 Å². The predicted molar refractivity (Wildman–Crippen MR) is 83.8 cm³/mol. The Hall–Kier alpha value is -1.47. The monoisotopic (exact) mass is 319 g/mol. The first-order chi connectivity index (χ1) is 11.3. The number of likely N-dealkylation sites (tertiary alicyclic amines) is 1. The van der Waals surface area contributed by atoms with Crippen LogP contribution in [-0.2, 0) is 11.3 Å². The molecular formula is C16H25N5O2. The molecular weight excluding hydrogens is 294 g/mol. The van der Waals surface area contributed by atoms with E-state index in [0.29, 0.717) is 12.5 Å². The van der Waals surface area contributed by atoms with E-state index in [2.05, 4.69) is 19.9 Å². The molecule has 23 heavy (non-hydrogen) atoms. The fourth-order valence-corrected chi connectivity index (χ4v) is 3.23. The molecule has 1 aromatic rings. The SMILES string of the molecule is O=C(CN1CCCN(Cc2noc(C3CC3)n2)CC1)N1CCC1. The van der Waals surface area contributed by atoms with Crippen molar-refractivity contribution in [1.29, 1.82) is 0 Å². The lowest BCUT2D eigenvalue weighted by atomic mass is 10.2. The van der Waals surface area contributed by atoms with Crippen molar-refractivity contribution < 1.29 is 9.32 Å². The maximum atomic E-state index is 12.1. The molecule has 3 heterocycles. The minimum absolute atomic E-state index is 0.289. The number of hydrogen-bond acceptors (Lipinski definition) is 6. The topological polar surface area (TPSA) is 65.7 Å². The van der Waals surface area contributed by atoms with Gasteiger partial charge in [0.2, 0.25) is 11.8 Å². The first-order valence-electron chi connectivity index (χ1n) is 8.83. The molecule has 0 atom stereocenters. The quantitative estimate of drug-likeness (QED) is 0.795. The van der Waals surface area contributed by atoms with Crippen LogP contribution in [0.2, 0.25) is 0 Å². The molecule has 3 fully saturated rings. The first-order valence-corrected chi connectivity index (χ1v) is 8.83. The number of rotatable bonds is 5. The molecule has 1 aliphatic carbocycles. The van der Waals surface area contributed by atoms with Crippen molar-refractivity contribution >= 4 is 5.91 Å². The largest absolute Gasteiger partial charge is 0.341 e. The van der Waals surface area contributed by atoms with Crippen LogP contribution >= 0.6 is 0 Å². The van der Waals surface area contributed by atoms with E-state index in [4.69, 9.17) is 4.52 Å². The summed E-state index contributed by atoms with van der Waals surface area (Å²) in [5.41, 5.74) is 0. The van der Waals surface area contributed by atoms with E-state index in [-0.39, 0.29) is 5.91 Å². The zero-order valence-electron chi connectivity index (χ0n) is 13.6. The summed E-state index contributed by atoms with van der Waals surface area (Å²) < 4.78 is 5.33. The van der Waals surface area contributed by atoms with E-state index < -0.39 is 0 Å². The van der Waals surface area contributed by atoms with Crippen LogP contribution in [0, 0.1) is 0 Å². The van der Waals surface area contributed by atoms with Crippen molar-refractivity contribution in [2.24, 2.45) is 0 Å². The molecule has 0 unspecified atom stereocenters. The molecule has 0 radical (unpaired) electrons. The number of hydrogen-bond donors (Lipinski definition) is 0. The molecule has 0 N–H and O–H groups in total. The van der Waals surface area contributed by atoms with Crippen molar-refractivity contribution in [3.63, 3.8) is 0 Å². The zero-order valence-corrected chi connectivity index (χ0v) is 13.6. The lowest BCUT2D eigenvalue weighted by Crippen LogP contribution is -2.47. The highest BCUT2D eigenvalue weighted by atomic mass is 16.5. The van der Waals surface area contributed by atoms with Gasteiger partial charge in [0.15, 0.2) is 5.82 Å². The van der Waals surface area contributed by atoms with Crippen molar-refractivity contribution in [2.45, 2.75) is 38.1 Å². The van der Waals surface area contributed by atoms with Crippen molar-refractivity contribution in [3.05, 3.63) is 11.7 Å². The summed E-state index contributed by atoms with van der Waals surface area (Å²) in [6.45, 7) is 7.14. The zero-order chi connectivity index (χ0) is 15.6. The summed E-state index contributed by atoms with van der Waals surface area (Å²) in [7, 11) is 0. The van der Waals surface area contributed by atoms with Gasteiger partial charge in [-0.25, -0.2) is 0 Å². The average Bonchev–Trinajstić information content (AvgIpc) is 3.25. The molecule has 2 saturated heterocycles. The van der Waals surface area contributed by atoms with E-state index in [1.165, 1.54) is 12.8 Å². The molecule has 1 aromatic heterocycles. The second kappa shape index (κ2) is 6.57. The summed E-state index contributed by atoms with van der Waals surface area (Å²) in [5, 5.41) is 4.11. The Morgan fingerprint density at radius 1 is 1.04 bits per heavy atom. The maximum absolute atomic E-state index is 12.1. The molecule has 0 aromatic carbocycles.